The van der Waals surface area contributed by atoms with Gasteiger partial charge in [-0.1, -0.05) is 253 Å². The maximum absolute atomic E-state index is 12.9. The van der Waals surface area contributed by atoms with Crippen LogP contribution in [-0.2, 0) is 28.6 Å². The lowest BCUT2D eigenvalue weighted by Gasteiger charge is -2.18. The van der Waals surface area contributed by atoms with Gasteiger partial charge >= 0.3 is 17.9 Å². The molecule has 1 atom stereocenters. The van der Waals surface area contributed by atoms with Crippen LogP contribution in [0.25, 0.3) is 0 Å². The highest BCUT2D eigenvalue weighted by atomic mass is 16.6. The van der Waals surface area contributed by atoms with Gasteiger partial charge in [-0.05, 0) is 161 Å². The first-order valence-corrected chi connectivity index (χ1v) is 31.6. The van der Waals surface area contributed by atoms with E-state index in [0.29, 0.717) is 19.3 Å². The first-order chi connectivity index (χ1) is 40.0. The fourth-order valence-electron chi connectivity index (χ4n) is 7.66. The van der Waals surface area contributed by atoms with E-state index in [1.54, 1.807) is 0 Å². The first kappa shape index (κ1) is 75.0. The molecule has 0 aromatic rings. The van der Waals surface area contributed by atoms with Crippen LogP contribution in [0.1, 0.15) is 226 Å². The highest BCUT2D eigenvalue weighted by Gasteiger charge is 2.19. The van der Waals surface area contributed by atoms with Gasteiger partial charge < -0.3 is 14.2 Å². The van der Waals surface area contributed by atoms with Crippen LogP contribution >= 0.6 is 0 Å². The molecule has 448 valence electrons. The molecular formula is C75H112O6. The second-order valence-corrected chi connectivity index (χ2v) is 19.8. The first-order valence-electron chi connectivity index (χ1n) is 31.6. The Balaban J connectivity index is 4.57. The van der Waals surface area contributed by atoms with E-state index in [1.807, 2.05) is 0 Å². The molecular weight excluding hydrogens is 997 g/mol. The van der Waals surface area contributed by atoms with E-state index in [9.17, 15) is 14.4 Å². The number of unbranched alkanes of at least 4 members (excludes halogenated alkanes) is 9. The van der Waals surface area contributed by atoms with Crippen molar-refractivity contribution >= 4 is 17.9 Å². The van der Waals surface area contributed by atoms with E-state index in [2.05, 4.69) is 227 Å². The molecule has 0 aliphatic rings. The van der Waals surface area contributed by atoms with Crippen molar-refractivity contribution in [3.63, 3.8) is 0 Å². The Labute approximate surface area is 496 Å². The second-order valence-electron chi connectivity index (χ2n) is 19.8. The summed E-state index contributed by atoms with van der Waals surface area (Å²) in [6, 6.07) is 0. The minimum absolute atomic E-state index is 0.131. The van der Waals surface area contributed by atoms with Crippen molar-refractivity contribution in [1.29, 1.82) is 0 Å². The molecule has 6 nitrogen and oxygen atoms in total. The summed E-state index contributed by atoms with van der Waals surface area (Å²) in [6.07, 6.45) is 103. The number of carbonyl (C=O) groups is 3. The molecule has 0 heterocycles. The van der Waals surface area contributed by atoms with Gasteiger partial charge in [0.1, 0.15) is 13.2 Å². The largest absolute Gasteiger partial charge is 0.462 e. The van der Waals surface area contributed by atoms with Gasteiger partial charge in [0.15, 0.2) is 6.10 Å². The Kier molecular flexibility index (Phi) is 61.6. The van der Waals surface area contributed by atoms with Gasteiger partial charge in [0.25, 0.3) is 0 Å². The summed E-state index contributed by atoms with van der Waals surface area (Å²) in [5.41, 5.74) is 0. The summed E-state index contributed by atoms with van der Waals surface area (Å²) < 4.78 is 16.8. The van der Waals surface area contributed by atoms with Crippen molar-refractivity contribution in [2.75, 3.05) is 13.2 Å². The fourth-order valence-corrected chi connectivity index (χ4v) is 7.66. The maximum Gasteiger partial charge on any atom is 0.306 e. The molecule has 6 heteroatoms. The maximum atomic E-state index is 12.9. The van der Waals surface area contributed by atoms with Crippen LogP contribution in [0.15, 0.2) is 207 Å². The highest BCUT2D eigenvalue weighted by Crippen LogP contribution is 2.12. The molecule has 0 fully saturated rings. The van der Waals surface area contributed by atoms with Gasteiger partial charge in [-0.15, -0.1) is 0 Å². The molecule has 0 saturated carbocycles. The lowest BCUT2D eigenvalue weighted by atomic mass is 10.1. The molecule has 0 saturated heterocycles. The number of allylic oxidation sites excluding steroid dienone is 34. The van der Waals surface area contributed by atoms with Crippen molar-refractivity contribution in [3.8, 4) is 0 Å². The van der Waals surface area contributed by atoms with E-state index in [0.717, 1.165) is 173 Å². The topological polar surface area (TPSA) is 78.9 Å². The number of hydrogen-bond donors (Lipinski definition) is 0. The van der Waals surface area contributed by atoms with Crippen molar-refractivity contribution in [2.24, 2.45) is 0 Å². The Morgan fingerprint density at radius 1 is 0.247 bits per heavy atom. The van der Waals surface area contributed by atoms with Crippen molar-refractivity contribution in [2.45, 2.75) is 232 Å². The molecule has 0 aromatic carbocycles. The van der Waals surface area contributed by atoms with Crippen LogP contribution in [0.5, 0.6) is 0 Å². The fraction of sp³-hybridized carbons (Fsp3) is 0.507. The van der Waals surface area contributed by atoms with Crippen molar-refractivity contribution < 1.29 is 28.6 Å². The van der Waals surface area contributed by atoms with Gasteiger partial charge in [0.2, 0.25) is 0 Å². The molecule has 0 rings (SSSR count). The SMILES string of the molecule is CC/C=C\C/C=C\C/C=C\C/C=C\C/C=C\C/C=C\C/C=C\C/C=C\C/C=C\CCCC(=O)OCC(COC(=O)CCCCCCC/C=C\C/C=C\C/C=C\CC)OC(=O)CCCCC/C=C\C/C=C\C/C=C\C/C=C\C/C=C\CC. The van der Waals surface area contributed by atoms with Crippen LogP contribution in [0, 0.1) is 0 Å². The second kappa shape index (κ2) is 66.5. The Morgan fingerprint density at radius 2 is 0.457 bits per heavy atom. The average Bonchev–Trinajstić information content (AvgIpc) is 3.47. The predicted molar refractivity (Wildman–Crippen MR) is 352 cm³/mol. The molecule has 0 bridgehead atoms. The zero-order valence-corrected chi connectivity index (χ0v) is 51.2. The Hall–Kier alpha value is -6.01. The Bertz CT molecular complexity index is 2000. The normalized spacial score (nSPS) is 13.6. The Morgan fingerprint density at radius 3 is 0.753 bits per heavy atom. The van der Waals surface area contributed by atoms with E-state index >= 15 is 0 Å². The molecule has 0 N–H and O–H groups in total. The van der Waals surface area contributed by atoms with Crippen LogP contribution in [0.3, 0.4) is 0 Å². The zero-order valence-electron chi connectivity index (χ0n) is 51.2. The van der Waals surface area contributed by atoms with E-state index in [4.69, 9.17) is 14.2 Å². The third-order valence-corrected chi connectivity index (χ3v) is 12.3. The average molecular weight is 1110 g/mol. The van der Waals surface area contributed by atoms with Crippen LogP contribution in [-0.4, -0.2) is 37.2 Å². The van der Waals surface area contributed by atoms with Crippen molar-refractivity contribution in [3.05, 3.63) is 207 Å². The molecule has 0 aromatic heterocycles. The molecule has 81 heavy (non-hydrogen) atoms. The lowest BCUT2D eigenvalue weighted by molar-refractivity contribution is -0.167. The highest BCUT2D eigenvalue weighted by molar-refractivity contribution is 5.71. The summed E-state index contributed by atoms with van der Waals surface area (Å²) in [7, 11) is 0. The third kappa shape index (κ3) is 64.7. The molecule has 1 unspecified atom stereocenters. The van der Waals surface area contributed by atoms with Gasteiger partial charge in [-0.3, -0.25) is 14.4 Å². The number of carbonyl (C=O) groups excluding carboxylic acids is 3. The summed E-state index contributed by atoms with van der Waals surface area (Å²) in [5, 5.41) is 0. The van der Waals surface area contributed by atoms with Gasteiger partial charge in [-0.25, -0.2) is 0 Å². The van der Waals surface area contributed by atoms with Gasteiger partial charge in [-0.2, -0.15) is 0 Å². The molecule has 0 aliphatic carbocycles. The molecule has 0 amide bonds. The van der Waals surface area contributed by atoms with Gasteiger partial charge in [0, 0.05) is 19.3 Å². The van der Waals surface area contributed by atoms with E-state index < -0.39 is 6.10 Å². The molecule has 0 spiro atoms. The lowest BCUT2D eigenvalue weighted by Crippen LogP contribution is -2.30. The standard InChI is InChI=1S/C75H112O6/c1-4-7-10-13-16-19-22-25-28-30-32-33-34-35-36-37-38-39-40-41-43-44-47-50-53-56-59-62-65-68-74(77)80-71-72(70-79-73(76)67-64-61-58-55-52-49-46-27-24-21-18-15-12-9-6-3)81-75(78)69-66-63-60-57-54-51-48-45-42-31-29-26-23-20-17-14-11-8-5-2/h7-12,16-21,25-29,32-33,35-36,38-39,41-43,45-47,50-51,54,56,59,72H,4-6,13-15,22-24,30-31,34,37,40,44,48-49,52-53,55,57-58,60-71H2,1-3H3/b10-7-,11-8-,12-9-,19-16-,20-17-,21-18-,28-25-,29-26-,33-32-,36-35-,39-38-,43-41-,45-42-,46-27-,50-47-,54-51-,59-56-. The monoisotopic (exact) mass is 1110 g/mol. The van der Waals surface area contributed by atoms with Crippen molar-refractivity contribution in [1.82, 2.24) is 0 Å². The summed E-state index contributed by atoms with van der Waals surface area (Å²) >= 11 is 0. The number of rotatable bonds is 54. The number of hydrogen-bond acceptors (Lipinski definition) is 6. The smallest absolute Gasteiger partial charge is 0.306 e. The molecule has 0 aliphatic heterocycles. The predicted octanol–water partition coefficient (Wildman–Crippen LogP) is 22.0. The van der Waals surface area contributed by atoms with Crippen LogP contribution in [0.2, 0.25) is 0 Å². The number of ether oxygens (including phenoxy) is 3. The molecule has 0 radical (unpaired) electrons. The zero-order chi connectivity index (χ0) is 58.5. The quantitative estimate of drug-likeness (QED) is 0.0261. The minimum Gasteiger partial charge on any atom is -0.462 e. The summed E-state index contributed by atoms with van der Waals surface area (Å²) in [4.78, 5) is 38.3. The van der Waals surface area contributed by atoms with E-state index in [-0.39, 0.29) is 44.0 Å². The summed E-state index contributed by atoms with van der Waals surface area (Å²) in [5.74, 6) is -1.05. The van der Waals surface area contributed by atoms with E-state index in [1.165, 1.54) is 0 Å². The van der Waals surface area contributed by atoms with Crippen LogP contribution < -0.4 is 0 Å². The number of esters is 3. The summed E-state index contributed by atoms with van der Waals surface area (Å²) in [6.45, 7) is 6.19. The van der Waals surface area contributed by atoms with Crippen LogP contribution in [0.4, 0.5) is 0 Å². The van der Waals surface area contributed by atoms with Gasteiger partial charge in [0.05, 0.1) is 0 Å². The third-order valence-electron chi connectivity index (χ3n) is 12.3. The minimum atomic E-state index is -0.841.